The number of benzene rings is 1. The molecule has 3 nitrogen and oxygen atoms in total. The molecule has 0 unspecified atom stereocenters. The van der Waals surface area contributed by atoms with E-state index in [1.165, 1.54) is 5.56 Å². The zero-order valence-electron chi connectivity index (χ0n) is 9.62. The van der Waals surface area contributed by atoms with Crippen LogP contribution in [0.5, 0.6) is 0 Å². The van der Waals surface area contributed by atoms with Crippen LogP contribution in [-0.2, 0) is 13.0 Å². The van der Waals surface area contributed by atoms with Crippen LogP contribution in [0.3, 0.4) is 0 Å². The molecule has 2 N–H and O–H groups in total. The molecule has 0 aliphatic carbocycles. The first-order valence-corrected chi connectivity index (χ1v) is 5.50. The normalized spacial score (nSPS) is 10.7. The number of aryl methyl sites for hydroxylation is 2. The summed E-state index contributed by atoms with van der Waals surface area (Å²) in [4.78, 5) is 7.53. The second-order valence-corrected chi connectivity index (χ2v) is 3.89. The van der Waals surface area contributed by atoms with Gasteiger partial charge in [0.15, 0.2) is 0 Å². The van der Waals surface area contributed by atoms with Gasteiger partial charge in [0.05, 0.1) is 5.69 Å². The third-order valence-corrected chi connectivity index (χ3v) is 2.66. The molecule has 3 heteroatoms. The number of imidazole rings is 1. The van der Waals surface area contributed by atoms with Crippen LogP contribution >= 0.6 is 0 Å². The van der Waals surface area contributed by atoms with Gasteiger partial charge in [-0.25, -0.2) is 4.98 Å². The summed E-state index contributed by atoms with van der Waals surface area (Å²) in [5.74, 6) is 0.632. The van der Waals surface area contributed by atoms with Crippen molar-refractivity contribution in [1.82, 2.24) is 9.97 Å². The van der Waals surface area contributed by atoms with Gasteiger partial charge in [0.2, 0.25) is 0 Å². The maximum absolute atomic E-state index is 9.07. The van der Waals surface area contributed by atoms with Gasteiger partial charge < -0.3 is 10.1 Å². The van der Waals surface area contributed by atoms with E-state index in [1.807, 2.05) is 0 Å². The number of aliphatic hydroxyl groups is 1. The fourth-order valence-electron chi connectivity index (χ4n) is 1.74. The second-order valence-electron chi connectivity index (χ2n) is 3.89. The quantitative estimate of drug-likeness (QED) is 0.827. The van der Waals surface area contributed by atoms with E-state index in [0.29, 0.717) is 5.82 Å². The minimum Gasteiger partial charge on any atom is -0.388 e. The van der Waals surface area contributed by atoms with Crippen LogP contribution in [0.4, 0.5) is 0 Å². The molecule has 1 aromatic heterocycles. The van der Waals surface area contributed by atoms with E-state index in [2.05, 4.69) is 48.1 Å². The van der Waals surface area contributed by atoms with Gasteiger partial charge >= 0.3 is 0 Å². The molecule has 0 bridgehead atoms. The van der Waals surface area contributed by atoms with Gasteiger partial charge in [0.1, 0.15) is 12.4 Å². The summed E-state index contributed by atoms with van der Waals surface area (Å²) in [5, 5.41) is 9.07. The maximum atomic E-state index is 9.07. The number of hydrogen-bond acceptors (Lipinski definition) is 2. The highest BCUT2D eigenvalue weighted by atomic mass is 16.3. The molecule has 2 rings (SSSR count). The van der Waals surface area contributed by atoms with Crippen molar-refractivity contribution in [3.8, 4) is 11.3 Å². The lowest BCUT2D eigenvalue weighted by molar-refractivity contribution is 0.272. The summed E-state index contributed by atoms with van der Waals surface area (Å²) >= 11 is 0. The Hall–Kier alpha value is -1.61. The van der Waals surface area contributed by atoms with Crippen molar-refractivity contribution >= 4 is 0 Å². The van der Waals surface area contributed by atoms with Gasteiger partial charge in [-0.2, -0.15) is 0 Å². The number of aromatic nitrogens is 2. The minimum absolute atomic E-state index is 0.0428. The van der Waals surface area contributed by atoms with Crippen molar-refractivity contribution in [1.29, 1.82) is 0 Å². The Balaban J connectivity index is 2.45. The highest BCUT2D eigenvalue weighted by Crippen LogP contribution is 2.22. The molecule has 0 atom stereocenters. The molecular weight excluding hydrogens is 200 g/mol. The van der Waals surface area contributed by atoms with Gasteiger partial charge in [-0.1, -0.05) is 36.8 Å². The highest BCUT2D eigenvalue weighted by molar-refractivity contribution is 5.62. The predicted octanol–water partition coefficient (Wildman–Crippen LogP) is 2.44. The van der Waals surface area contributed by atoms with Crippen LogP contribution in [0, 0.1) is 6.92 Å². The van der Waals surface area contributed by atoms with Crippen LogP contribution in [-0.4, -0.2) is 15.1 Å². The lowest BCUT2D eigenvalue weighted by Crippen LogP contribution is -1.86. The van der Waals surface area contributed by atoms with E-state index in [1.54, 1.807) is 0 Å². The van der Waals surface area contributed by atoms with Crippen molar-refractivity contribution in [2.45, 2.75) is 26.9 Å². The molecular formula is C13H16N2O. The molecule has 0 radical (unpaired) electrons. The first-order chi connectivity index (χ1) is 7.74. The summed E-state index contributed by atoms with van der Waals surface area (Å²) < 4.78 is 0. The molecule has 84 valence electrons. The first kappa shape index (κ1) is 10.9. The number of hydrogen-bond donors (Lipinski definition) is 2. The lowest BCUT2D eigenvalue weighted by Gasteiger charge is -2.00. The topological polar surface area (TPSA) is 48.9 Å². The van der Waals surface area contributed by atoms with E-state index < -0.39 is 0 Å². The smallest absolute Gasteiger partial charge is 0.132 e. The Bertz CT molecular complexity index is 471. The molecule has 16 heavy (non-hydrogen) atoms. The molecule has 0 aliphatic heterocycles. The van der Waals surface area contributed by atoms with E-state index in [9.17, 15) is 0 Å². The van der Waals surface area contributed by atoms with Gasteiger partial charge in [-0.05, 0) is 13.3 Å². The fraction of sp³-hybridized carbons (Fsp3) is 0.308. The molecule has 0 fully saturated rings. The molecule has 0 amide bonds. The third-order valence-electron chi connectivity index (χ3n) is 2.66. The van der Waals surface area contributed by atoms with Crippen molar-refractivity contribution in [2.24, 2.45) is 0 Å². The summed E-state index contributed by atoms with van der Waals surface area (Å²) in [5.41, 5.74) is 4.36. The second kappa shape index (κ2) is 4.49. The summed E-state index contributed by atoms with van der Waals surface area (Å²) in [6.45, 7) is 4.10. The average molecular weight is 216 g/mol. The molecule has 0 saturated carbocycles. The van der Waals surface area contributed by atoms with E-state index in [-0.39, 0.29) is 6.61 Å². The van der Waals surface area contributed by atoms with Crippen LogP contribution in [0.1, 0.15) is 24.0 Å². The first-order valence-electron chi connectivity index (χ1n) is 5.50. The molecule has 0 saturated heterocycles. The standard InChI is InChI=1S/C13H16N2O/c1-3-11-13(15-12(8-16)14-11)10-6-4-9(2)5-7-10/h4-7,16H,3,8H2,1-2H3,(H,14,15). The molecule has 2 aromatic rings. The molecule has 1 heterocycles. The largest absolute Gasteiger partial charge is 0.388 e. The van der Waals surface area contributed by atoms with Crippen molar-refractivity contribution < 1.29 is 5.11 Å². The van der Waals surface area contributed by atoms with Crippen LogP contribution in [0.15, 0.2) is 24.3 Å². The van der Waals surface area contributed by atoms with E-state index in [4.69, 9.17) is 5.11 Å². The van der Waals surface area contributed by atoms with Crippen molar-refractivity contribution in [3.05, 3.63) is 41.3 Å². The Kier molecular flexibility index (Phi) is 3.06. The Morgan fingerprint density at radius 1 is 1.25 bits per heavy atom. The van der Waals surface area contributed by atoms with Gasteiger partial charge in [-0.15, -0.1) is 0 Å². The van der Waals surface area contributed by atoms with Crippen molar-refractivity contribution in [2.75, 3.05) is 0 Å². The molecule has 0 spiro atoms. The average Bonchev–Trinajstić information content (AvgIpc) is 2.73. The number of nitrogens with one attached hydrogen (secondary N) is 1. The van der Waals surface area contributed by atoms with Crippen molar-refractivity contribution in [3.63, 3.8) is 0 Å². The SMILES string of the molecule is CCc1[nH]c(CO)nc1-c1ccc(C)cc1. The maximum Gasteiger partial charge on any atom is 0.132 e. The van der Waals surface area contributed by atoms with Crippen LogP contribution in [0.25, 0.3) is 11.3 Å². The van der Waals surface area contributed by atoms with Crippen LogP contribution < -0.4 is 0 Å². The number of H-pyrrole nitrogens is 1. The predicted molar refractivity (Wildman–Crippen MR) is 64.1 cm³/mol. The lowest BCUT2D eigenvalue weighted by atomic mass is 10.1. The minimum atomic E-state index is -0.0428. The van der Waals surface area contributed by atoms with Gasteiger partial charge in [0, 0.05) is 11.3 Å². The Morgan fingerprint density at radius 3 is 2.50 bits per heavy atom. The summed E-state index contributed by atoms with van der Waals surface area (Å²) in [6, 6.07) is 8.27. The number of aromatic amines is 1. The number of nitrogens with zero attached hydrogens (tertiary/aromatic N) is 1. The van der Waals surface area contributed by atoms with Gasteiger partial charge in [-0.3, -0.25) is 0 Å². The zero-order chi connectivity index (χ0) is 11.5. The monoisotopic (exact) mass is 216 g/mol. The number of rotatable bonds is 3. The Labute approximate surface area is 95.2 Å². The Morgan fingerprint density at radius 2 is 1.94 bits per heavy atom. The fourth-order valence-corrected chi connectivity index (χ4v) is 1.74. The van der Waals surface area contributed by atoms with E-state index >= 15 is 0 Å². The third kappa shape index (κ3) is 1.99. The number of aliphatic hydroxyl groups excluding tert-OH is 1. The highest BCUT2D eigenvalue weighted by Gasteiger charge is 2.09. The molecule has 0 aliphatic rings. The molecule has 1 aromatic carbocycles. The summed E-state index contributed by atoms with van der Waals surface area (Å²) in [6.07, 6.45) is 0.885. The summed E-state index contributed by atoms with van der Waals surface area (Å²) in [7, 11) is 0. The van der Waals surface area contributed by atoms with Gasteiger partial charge in [0.25, 0.3) is 0 Å². The van der Waals surface area contributed by atoms with Crippen LogP contribution in [0.2, 0.25) is 0 Å². The zero-order valence-corrected chi connectivity index (χ0v) is 9.62. The van der Waals surface area contributed by atoms with E-state index in [0.717, 1.165) is 23.4 Å².